The number of urea groups is 1. The molecular weight excluding hydrogens is 302 g/mol. The molecule has 0 atom stereocenters. The number of aliphatic hydroxyl groups excluding tert-OH is 1. The SMILES string of the molecule is CC1CCN(c2cccc(NC(=O)NC3(CO)CCCC3)c2)CC1. The molecule has 2 aliphatic rings. The Morgan fingerprint density at radius 1 is 1.29 bits per heavy atom. The minimum atomic E-state index is -0.440. The van der Waals surface area contributed by atoms with Crippen LogP contribution >= 0.6 is 0 Å². The molecule has 0 aromatic heterocycles. The molecule has 1 aromatic carbocycles. The second-order valence-electron chi connectivity index (χ2n) is 7.44. The molecule has 1 aliphatic heterocycles. The van der Waals surface area contributed by atoms with E-state index in [4.69, 9.17) is 0 Å². The minimum absolute atomic E-state index is 0.00637. The summed E-state index contributed by atoms with van der Waals surface area (Å²) in [4.78, 5) is 14.7. The third-order valence-electron chi connectivity index (χ3n) is 5.49. The van der Waals surface area contributed by atoms with Crippen molar-refractivity contribution in [2.75, 3.05) is 29.9 Å². The number of rotatable bonds is 4. The van der Waals surface area contributed by atoms with Gasteiger partial charge in [0.25, 0.3) is 0 Å². The number of carbonyl (C=O) groups excluding carboxylic acids is 1. The molecule has 3 rings (SSSR count). The van der Waals surface area contributed by atoms with Crippen LogP contribution in [0.3, 0.4) is 0 Å². The van der Waals surface area contributed by atoms with Crippen molar-refractivity contribution in [3.63, 3.8) is 0 Å². The molecule has 1 aromatic rings. The van der Waals surface area contributed by atoms with Crippen LogP contribution in [0.1, 0.15) is 45.4 Å². The quantitative estimate of drug-likeness (QED) is 0.793. The van der Waals surface area contributed by atoms with Gasteiger partial charge < -0.3 is 20.6 Å². The summed E-state index contributed by atoms with van der Waals surface area (Å²) in [5.74, 6) is 0.800. The lowest BCUT2D eigenvalue weighted by molar-refractivity contribution is 0.167. The van der Waals surface area contributed by atoms with Gasteiger partial charge in [-0.15, -0.1) is 0 Å². The Kier molecular flexibility index (Phi) is 5.29. The number of hydrogen-bond acceptors (Lipinski definition) is 3. The van der Waals surface area contributed by atoms with E-state index in [1.165, 1.54) is 12.8 Å². The van der Waals surface area contributed by atoms with Crippen LogP contribution in [0.25, 0.3) is 0 Å². The predicted octanol–water partition coefficient (Wildman–Crippen LogP) is 3.35. The Labute approximate surface area is 144 Å². The van der Waals surface area contributed by atoms with Crippen molar-refractivity contribution in [2.45, 2.75) is 51.0 Å². The number of piperidine rings is 1. The Morgan fingerprint density at radius 2 is 2.00 bits per heavy atom. The summed E-state index contributed by atoms with van der Waals surface area (Å²) in [7, 11) is 0. The number of aliphatic hydroxyl groups is 1. The van der Waals surface area contributed by atoms with Gasteiger partial charge in [-0.05, 0) is 49.8 Å². The lowest BCUT2D eigenvalue weighted by atomic mass is 9.99. The number of benzene rings is 1. The third-order valence-corrected chi connectivity index (χ3v) is 5.49. The maximum atomic E-state index is 12.3. The Bertz CT molecular complexity index is 561. The van der Waals surface area contributed by atoms with Crippen LogP contribution < -0.4 is 15.5 Å². The maximum Gasteiger partial charge on any atom is 0.319 e. The predicted molar refractivity (Wildman–Crippen MR) is 97.5 cm³/mol. The van der Waals surface area contributed by atoms with Crippen molar-refractivity contribution in [3.05, 3.63) is 24.3 Å². The highest BCUT2D eigenvalue weighted by atomic mass is 16.3. The third kappa shape index (κ3) is 4.01. The highest BCUT2D eigenvalue weighted by Crippen LogP contribution is 2.29. The van der Waals surface area contributed by atoms with E-state index >= 15 is 0 Å². The van der Waals surface area contributed by atoms with Crippen LogP contribution in [0.5, 0.6) is 0 Å². The van der Waals surface area contributed by atoms with Crippen molar-refractivity contribution in [2.24, 2.45) is 5.92 Å². The zero-order valence-electron chi connectivity index (χ0n) is 14.6. The van der Waals surface area contributed by atoms with Gasteiger partial charge in [-0.2, -0.15) is 0 Å². The van der Waals surface area contributed by atoms with Crippen LogP contribution in [-0.4, -0.2) is 36.4 Å². The van der Waals surface area contributed by atoms with E-state index in [0.717, 1.165) is 56.1 Å². The van der Waals surface area contributed by atoms with E-state index in [1.807, 2.05) is 18.2 Å². The molecule has 132 valence electrons. The van der Waals surface area contributed by atoms with Crippen LogP contribution in [0.4, 0.5) is 16.2 Å². The Morgan fingerprint density at radius 3 is 2.67 bits per heavy atom. The van der Waals surface area contributed by atoms with E-state index in [2.05, 4.69) is 28.5 Å². The van der Waals surface area contributed by atoms with E-state index in [9.17, 15) is 9.90 Å². The standard InChI is InChI=1S/C19H29N3O2/c1-15-7-11-22(12-8-15)17-6-4-5-16(13-17)20-18(24)21-19(14-23)9-2-3-10-19/h4-6,13,15,23H,2-3,7-12,14H2,1H3,(H2,20,21,24). The number of carbonyl (C=O) groups is 1. The van der Waals surface area contributed by atoms with Crippen molar-refractivity contribution in [3.8, 4) is 0 Å². The minimum Gasteiger partial charge on any atom is -0.394 e. The van der Waals surface area contributed by atoms with Gasteiger partial charge in [-0.3, -0.25) is 0 Å². The molecule has 1 saturated heterocycles. The largest absolute Gasteiger partial charge is 0.394 e. The molecule has 2 fully saturated rings. The van der Waals surface area contributed by atoms with E-state index < -0.39 is 5.54 Å². The molecule has 3 N–H and O–H groups in total. The first-order valence-corrected chi connectivity index (χ1v) is 9.15. The molecule has 5 nitrogen and oxygen atoms in total. The second-order valence-corrected chi connectivity index (χ2v) is 7.44. The maximum absolute atomic E-state index is 12.3. The summed E-state index contributed by atoms with van der Waals surface area (Å²) in [5.41, 5.74) is 1.53. The average molecular weight is 331 g/mol. The molecule has 0 radical (unpaired) electrons. The number of nitrogens with one attached hydrogen (secondary N) is 2. The molecule has 1 aliphatic carbocycles. The number of hydrogen-bond donors (Lipinski definition) is 3. The van der Waals surface area contributed by atoms with Gasteiger partial charge in [0.1, 0.15) is 0 Å². The Hall–Kier alpha value is -1.75. The zero-order chi connectivity index (χ0) is 17.0. The summed E-state index contributed by atoms with van der Waals surface area (Å²) < 4.78 is 0. The highest BCUT2D eigenvalue weighted by molar-refractivity contribution is 5.90. The fourth-order valence-electron chi connectivity index (χ4n) is 3.82. The van der Waals surface area contributed by atoms with Gasteiger partial charge in [0.15, 0.2) is 0 Å². The Balaban J connectivity index is 1.61. The van der Waals surface area contributed by atoms with Crippen molar-refractivity contribution < 1.29 is 9.90 Å². The molecule has 2 amide bonds. The number of nitrogens with zero attached hydrogens (tertiary/aromatic N) is 1. The van der Waals surface area contributed by atoms with Crippen LogP contribution in [0.15, 0.2) is 24.3 Å². The summed E-state index contributed by atoms with van der Waals surface area (Å²) in [6, 6.07) is 7.81. The van der Waals surface area contributed by atoms with Gasteiger partial charge in [0.2, 0.25) is 0 Å². The number of amides is 2. The fourth-order valence-corrected chi connectivity index (χ4v) is 3.82. The van der Waals surface area contributed by atoms with Gasteiger partial charge in [-0.25, -0.2) is 4.79 Å². The molecule has 0 unspecified atom stereocenters. The summed E-state index contributed by atoms with van der Waals surface area (Å²) in [5, 5.41) is 15.5. The monoisotopic (exact) mass is 331 g/mol. The molecule has 5 heteroatoms. The van der Waals surface area contributed by atoms with Crippen molar-refractivity contribution >= 4 is 17.4 Å². The zero-order valence-corrected chi connectivity index (χ0v) is 14.6. The van der Waals surface area contributed by atoms with Gasteiger partial charge >= 0.3 is 6.03 Å². The normalized spacial score (nSPS) is 20.8. The van der Waals surface area contributed by atoms with Gasteiger partial charge in [0, 0.05) is 24.5 Å². The summed E-state index contributed by atoms with van der Waals surface area (Å²) in [6.07, 6.45) is 6.26. The smallest absolute Gasteiger partial charge is 0.319 e. The lowest BCUT2D eigenvalue weighted by Gasteiger charge is -2.32. The van der Waals surface area contributed by atoms with E-state index in [1.54, 1.807) is 0 Å². The molecule has 0 bridgehead atoms. The van der Waals surface area contributed by atoms with Crippen molar-refractivity contribution in [1.29, 1.82) is 0 Å². The molecule has 1 saturated carbocycles. The molecule has 0 spiro atoms. The first-order chi connectivity index (χ1) is 11.6. The topological polar surface area (TPSA) is 64.6 Å². The van der Waals surface area contributed by atoms with E-state index in [0.29, 0.717) is 0 Å². The molecular formula is C19H29N3O2. The lowest BCUT2D eigenvalue weighted by Crippen LogP contribution is -2.50. The van der Waals surface area contributed by atoms with Crippen molar-refractivity contribution in [1.82, 2.24) is 5.32 Å². The average Bonchev–Trinajstić information content (AvgIpc) is 3.04. The number of anilines is 2. The molecule has 1 heterocycles. The highest BCUT2D eigenvalue weighted by Gasteiger charge is 2.34. The first-order valence-electron chi connectivity index (χ1n) is 9.15. The molecule has 24 heavy (non-hydrogen) atoms. The van der Waals surface area contributed by atoms with Gasteiger partial charge in [0.05, 0.1) is 12.1 Å². The van der Waals surface area contributed by atoms with Gasteiger partial charge in [-0.1, -0.05) is 25.8 Å². The first kappa shape index (κ1) is 17.1. The summed E-state index contributed by atoms with van der Waals surface area (Å²) >= 11 is 0. The van der Waals surface area contributed by atoms with Crippen LogP contribution in [-0.2, 0) is 0 Å². The second kappa shape index (κ2) is 7.43. The van der Waals surface area contributed by atoms with Crippen LogP contribution in [0, 0.1) is 5.92 Å². The summed E-state index contributed by atoms with van der Waals surface area (Å²) in [6.45, 7) is 4.46. The van der Waals surface area contributed by atoms with E-state index in [-0.39, 0.29) is 12.6 Å². The fraction of sp³-hybridized carbons (Fsp3) is 0.632. The van der Waals surface area contributed by atoms with Crippen LogP contribution in [0.2, 0.25) is 0 Å².